The maximum Gasteiger partial charge on any atom is 0.338 e. The van der Waals surface area contributed by atoms with Crippen LogP contribution in [0.3, 0.4) is 0 Å². The molecular weight excluding hydrogens is 286 g/mol. The molecule has 2 aromatic heterocycles. The summed E-state index contributed by atoms with van der Waals surface area (Å²) in [4.78, 5) is 22.7. The summed E-state index contributed by atoms with van der Waals surface area (Å²) in [5, 5.41) is 19.9. The minimum absolute atomic E-state index is 0.111. The van der Waals surface area contributed by atoms with Crippen LogP contribution in [0, 0.1) is 6.92 Å². The van der Waals surface area contributed by atoms with Gasteiger partial charge < -0.3 is 10.4 Å². The number of hydrogen-bond acceptors (Lipinski definition) is 4. The number of carbonyl (C=O) groups excluding carboxylic acids is 1. The molecule has 22 heavy (non-hydrogen) atoms. The van der Waals surface area contributed by atoms with Crippen LogP contribution < -0.4 is 5.32 Å². The predicted octanol–water partition coefficient (Wildman–Crippen LogP) is 0.891. The van der Waals surface area contributed by atoms with Crippen LogP contribution in [-0.4, -0.2) is 36.5 Å². The van der Waals surface area contributed by atoms with Gasteiger partial charge >= 0.3 is 5.97 Å². The molecule has 1 amide bonds. The summed E-state index contributed by atoms with van der Waals surface area (Å²) >= 11 is 0. The molecule has 1 unspecified atom stereocenters. The summed E-state index contributed by atoms with van der Waals surface area (Å²) in [6.07, 6.45) is 4.78. The SMILES string of the molecule is Cc1nn(C)cc1C(C)NC(=O)CCn1cc(C(=O)O)cn1. The van der Waals surface area contributed by atoms with Crippen LogP contribution in [0.4, 0.5) is 0 Å². The second-order valence-corrected chi connectivity index (χ2v) is 5.18. The quantitative estimate of drug-likeness (QED) is 0.825. The molecule has 0 bridgehead atoms. The van der Waals surface area contributed by atoms with E-state index in [9.17, 15) is 9.59 Å². The fourth-order valence-corrected chi connectivity index (χ4v) is 2.25. The molecule has 0 spiro atoms. The largest absolute Gasteiger partial charge is 0.478 e. The van der Waals surface area contributed by atoms with Gasteiger partial charge in [-0.05, 0) is 13.8 Å². The molecule has 0 radical (unpaired) electrons. The third-order valence-corrected chi connectivity index (χ3v) is 3.34. The molecule has 0 saturated heterocycles. The molecule has 8 nitrogen and oxygen atoms in total. The topological polar surface area (TPSA) is 102 Å². The van der Waals surface area contributed by atoms with Crippen LogP contribution in [0.25, 0.3) is 0 Å². The number of hydrogen-bond donors (Lipinski definition) is 2. The summed E-state index contributed by atoms with van der Waals surface area (Å²) in [5.41, 5.74) is 1.97. The van der Waals surface area contributed by atoms with E-state index in [0.29, 0.717) is 6.54 Å². The summed E-state index contributed by atoms with van der Waals surface area (Å²) < 4.78 is 3.16. The first kappa shape index (κ1) is 15.7. The standard InChI is InChI=1S/C14H19N5O3/c1-9(12-8-18(3)17-10(12)2)16-13(20)4-5-19-7-11(6-15-19)14(21)22/h6-9H,4-5H2,1-3H3,(H,16,20)(H,21,22). The lowest BCUT2D eigenvalue weighted by atomic mass is 10.1. The van der Waals surface area contributed by atoms with Crippen molar-refractivity contribution >= 4 is 11.9 Å². The van der Waals surface area contributed by atoms with E-state index >= 15 is 0 Å². The summed E-state index contributed by atoms with van der Waals surface area (Å²) in [5.74, 6) is -1.15. The highest BCUT2D eigenvalue weighted by molar-refractivity contribution is 5.86. The molecule has 2 aromatic rings. The summed E-state index contributed by atoms with van der Waals surface area (Å²) in [6.45, 7) is 4.13. The molecule has 2 N–H and O–H groups in total. The highest BCUT2D eigenvalue weighted by atomic mass is 16.4. The predicted molar refractivity (Wildman–Crippen MR) is 78.3 cm³/mol. The Morgan fingerprint density at radius 1 is 1.41 bits per heavy atom. The highest BCUT2D eigenvalue weighted by Crippen LogP contribution is 2.15. The smallest absolute Gasteiger partial charge is 0.338 e. The van der Waals surface area contributed by atoms with Gasteiger partial charge in [0.15, 0.2) is 0 Å². The van der Waals surface area contributed by atoms with Crippen molar-refractivity contribution in [3.05, 3.63) is 35.4 Å². The van der Waals surface area contributed by atoms with E-state index in [-0.39, 0.29) is 23.9 Å². The number of carbonyl (C=O) groups is 2. The van der Waals surface area contributed by atoms with Gasteiger partial charge in [0.1, 0.15) is 0 Å². The number of nitrogens with zero attached hydrogens (tertiary/aromatic N) is 4. The molecule has 0 fully saturated rings. The van der Waals surface area contributed by atoms with Gasteiger partial charge in [0.05, 0.1) is 23.5 Å². The minimum atomic E-state index is -1.03. The fraction of sp³-hybridized carbons (Fsp3) is 0.429. The van der Waals surface area contributed by atoms with E-state index in [1.54, 1.807) is 4.68 Å². The van der Waals surface area contributed by atoms with Crippen molar-refractivity contribution in [2.75, 3.05) is 0 Å². The van der Waals surface area contributed by atoms with E-state index < -0.39 is 5.97 Å². The molecule has 0 aliphatic rings. The van der Waals surface area contributed by atoms with Crippen molar-refractivity contribution in [3.63, 3.8) is 0 Å². The van der Waals surface area contributed by atoms with Gasteiger partial charge in [0.2, 0.25) is 5.91 Å². The average molecular weight is 305 g/mol. The molecule has 0 aromatic carbocycles. The number of carboxylic acid groups (broad SMARTS) is 1. The monoisotopic (exact) mass is 305 g/mol. The van der Waals surface area contributed by atoms with E-state index in [4.69, 9.17) is 5.11 Å². The Morgan fingerprint density at radius 2 is 2.14 bits per heavy atom. The van der Waals surface area contributed by atoms with Crippen molar-refractivity contribution in [2.24, 2.45) is 7.05 Å². The molecule has 2 rings (SSSR count). The second-order valence-electron chi connectivity index (χ2n) is 5.18. The Hall–Kier alpha value is -2.64. The molecule has 8 heteroatoms. The summed E-state index contributed by atoms with van der Waals surface area (Å²) in [6, 6.07) is -0.131. The molecule has 0 saturated carbocycles. The maximum absolute atomic E-state index is 12.0. The average Bonchev–Trinajstić information content (AvgIpc) is 3.03. The summed E-state index contributed by atoms with van der Waals surface area (Å²) in [7, 11) is 1.84. The Morgan fingerprint density at radius 3 is 2.68 bits per heavy atom. The van der Waals surface area contributed by atoms with Gasteiger partial charge in [-0.15, -0.1) is 0 Å². The van der Waals surface area contributed by atoms with Crippen molar-refractivity contribution in [1.29, 1.82) is 0 Å². The van der Waals surface area contributed by atoms with Crippen LogP contribution in [0.5, 0.6) is 0 Å². The van der Waals surface area contributed by atoms with Crippen molar-refractivity contribution in [3.8, 4) is 0 Å². The van der Waals surface area contributed by atoms with Crippen LogP contribution in [0.2, 0.25) is 0 Å². The van der Waals surface area contributed by atoms with E-state index in [0.717, 1.165) is 11.3 Å². The molecule has 0 aliphatic heterocycles. The number of aromatic nitrogens is 4. The van der Waals surface area contributed by atoms with Crippen LogP contribution in [0.1, 0.15) is 41.0 Å². The lowest BCUT2D eigenvalue weighted by Crippen LogP contribution is -2.27. The van der Waals surface area contributed by atoms with Gasteiger partial charge in [-0.3, -0.25) is 14.2 Å². The van der Waals surface area contributed by atoms with Crippen LogP contribution in [-0.2, 0) is 18.4 Å². The zero-order valence-electron chi connectivity index (χ0n) is 12.8. The van der Waals surface area contributed by atoms with Crippen molar-refractivity contribution in [1.82, 2.24) is 24.9 Å². The Bertz CT molecular complexity index is 688. The van der Waals surface area contributed by atoms with Crippen LogP contribution >= 0.6 is 0 Å². The normalized spacial score (nSPS) is 12.1. The fourth-order valence-electron chi connectivity index (χ4n) is 2.25. The Kier molecular flexibility index (Phi) is 4.59. The van der Waals surface area contributed by atoms with E-state index in [1.807, 2.05) is 27.1 Å². The minimum Gasteiger partial charge on any atom is -0.478 e. The number of carboxylic acids is 1. The number of aromatic carboxylic acids is 1. The van der Waals surface area contributed by atoms with Gasteiger partial charge in [0, 0.05) is 38.0 Å². The van der Waals surface area contributed by atoms with Crippen molar-refractivity contribution in [2.45, 2.75) is 32.9 Å². The second kappa shape index (κ2) is 6.42. The van der Waals surface area contributed by atoms with Gasteiger partial charge in [0.25, 0.3) is 0 Å². The lowest BCUT2D eigenvalue weighted by Gasteiger charge is -2.13. The number of rotatable bonds is 6. The first-order chi connectivity index (χ1) is 10.4. The van der Waals surface area contributed by atoms with Crippen molar-refractivity contribution < 1.29 is 14.7 Å². The first-order valence-corrected chi connectivity index (χ1v) is 6.92. The molecule has 0 aliphatic carbocycles. The molecule has 2 heterocycles. The zero-order chi connectivity index (χ0) is 16.3. The van der Waals surface area contributed by atoms with Gasteiger partial charge in [-0.25, -0.2) is 4.79 Å². The molecular formula is C14H19N5O3. The number of aryl methyl sites for hydroxylation is 3. The Labute approximate surface area is 127 Å². The number of nitrogens with one attached hydrogen (secondary N) is 1. The first-order valence-electron chi connectivity index (χ1n) is 6.92. The lowest BCUT2D eigenvalue weighted by molar-refractivity contribution is -0.122. The highest BCUT2D eigenvalue weighted by Gasteiger charge is 2.14. The zero-order valence-corrected chi connectivity index (χ0v) is 12.8. The molecule has 1 atom stereocenters. The Balaban J connectivity index is 1.87. The maximum atomic E-state index is 12.0. The number of amides is 1. The van der Waals surface area contributed by atoms with Gasteiger partial charge in [-0.2, -0.15) is 10.2 Å². The van der Waals surface area contributed by atoms with Gasteiger partial charge in [-0.1, -0.05) is 0 Å². The van der Waals surface area contributed by atoms with E-state index in [2.05, 4.69) is 15.5 Å². The molecule has 118 valence electrons. The van der Waals surface area contributed by atoms with Crippen LogP contribution in [0.15, 0.2) is 18.6 Å². The third-order valence-electron chi connectivity index (χ3n) is 3.34. The third kappa shape index (κ3) is 3.72. The van der Waals surface area contributed by atoms with E-state index in [1.165, 1.54) is 17.1 Å².